The van der Waals surface area contributed by atoms with E-state index in [0.29, 0.717) is 22.7 Å². The highest BCUT2D eigenvalue weighted by Gasteiger charge is 2.16. The van der Waals surface area contributed by atoms with Crippen molar-refractivity contribution in [3.8, 4) is 0 Å². The van der Waals surface area contributed by atoms with Crippen molar-refractivity contribution in [2.75, 3.05) is 11.9 Å². The molecule has 0 aliphatic heterocycles. The van der Waals surface area contributed by atoms with Crippen molar-refractivity contribution in [2.24, 2.45) is 0 Å². The number of aromatic nitrogens is 1. The Kier molecular flexibility index (Phi) is 4.16. The van der Waals surface area contributed by atoms with Crippen LogP contribution in [-0.2, 0) is 14.8 Å². The molecule has 0 unspecified atom stereocenters. The van der Waals surface area contributed by atoms with Crippen LogP contribution in [0, 0.1) is 6.92 Å². The maximum atomic E-state index is 11.9. The van der Waals surface area contributed by atoms with Gasteiger partial charge in [0.2, 0.25) is 5.91 Å². The Morgan fingerprint density at radius 3 is 2.91 bits per heavy atom. The summed E-state index contributed by atoms with van der Waals surface area (Å²) in [4.78, 5) is 16.0. The van der Waals surface area contributed by atoms with Gasteiger partial charge < -0.3 is 9.73 Å². The van der Waals surface area contributed by atoms with E-state index in [4.69, 9.17) is 4.42 Å². The number of sulfonamides is 1. The summed E-state index contributed by atoms with van der Waals surface area (Å²) < 4.78 is 31.7. The van der Waals surface area contributed by atoms with Gasteiger partial charge in [-0.2, -0.15) is 0 Å². The van der Waals surface area contributed by atoms with E-state index in [9.17, 15) is 13.2 Å². The number of rotatable bonds is 5. The lowest BCUT2D eigenvalue weighted by molar-refractivity contribution is -0.115. The molecule has 3 rings (SSSR count). The fourth-order valence-electron chi connectivity index (χ4n) is 1.97. The molecule has 0 aliphatic rings. The molecule has 2 aromatic heterocycles. The number of amides is 1. The second kappa shape index (κ2) is 6.11. The predicted molar refractivity (Wildman–Crippen MR) is 86.9 cm³/mol. The van der Waals surface area contributed by atoms with Crippen molar-refractivity contribution in [1.29, 1.82) is 0 Å². The number of carbonyl (C=O) groups is 1. The van der Waals surface area contributed by atoms with Gasteiger partial charge in [-0.3, -0.25) is 4.79 Å². The van der Waals surface area contributed by atoms with Gasteiger partial charge in [-0.05, 0) is 23.6 Å². The number of nitrogens with zero attached hydrogens (tertiary/aromatic N) is 1. The number of oxazole rings is 1. The van der Waals surface area contributed by atoms with Gasteiger partial charge in [0.25, 0.3) is 10.0 Å². The molecule has 1 aromatic carbocycles. The van der Waals surface area contributed by atoms with E-state index in [-0.39, 0.29) is 10.8 Å². The summed E-state index contributed by atoms with van der Waals surface area (Å²) in [6.45, 7) is 1.38. The molecule has 0 radical (unpaired) electrons. The van der Waals surface area contributed by atoms with Crippen LogP contribution in [0.3, 0.4) is 0 Å². The quantitative estimate of drug-likeness (QED) is 0.733. The summed E-state index contributed by atoms with van der Waals surface area (Å²) in [5.74, 6) is 0.0629. The zero-order valence-electron chi connectivity index (χ0n) is 12.1. The highest BCUT2D eigenvalue weighted by Crippen LogP contribution is 2.20. The van der Waals surface area contributed by atoms with Gasteiger partial charge in [0.1, 0.15) is 9.73 Å². The molecule has 23 heavy (non-hydrogen) atoms. The standard InChI is InChI=1S/C14H13N3O4S2/c1-9-16-11-5-4-10(7-12(11)21-9)17-13(18)8-15-23(19,20)14-3-2-6-22-14/h2-7,15H,8H2,1H3,(H,17,18). The molecule has 2 heterocycles. The van der Waals surface area contributed by atoms with Crippen LogP contribution < -0.4 is 10.0 Å². The van der Waals surface area contributed by atoms with Crippen molar-refractivity contribution in [3.63, 3.8) is 0 Å². The summed E-state index contributed by atoms with van der Waals surface area (Å²) in [5.41, 5.74) is 1.76. The second-order valence-corrected chi connectivity index (χ2v) is 7.66. The maximum Gasteiger partial charge on any atom is 0.250 e. The number of hydrogen-bond acceptors (Lipinski definition) is 6. The highest BCUT2D eigenvalue weighted by molar-refractivity contribution is 7.91. The van der Waals surface area contributed by atoms with E-state index in [1.807, 2.05) is 0 Å². The number of benzene rings is 1. The lowest BCUT2D eigenvalue weighted by atomic mass is 10.3. The lowest BCUT2D eigenvalue weighted by Gasteiger charge is -2.06. The average Bonchev–Trinajstić information content (AvgIpc) is 3.13. The number of anilines is 1. The number of fused-ring (bicyclic) bond motifs is 1. The van der Waals surface area contributed by atoms with Crippen molar-refractivity contribution >= 4 is 44.1 Å². The first kappa shape index (κ1) is 15.7. The molecular weight excluding hydrogens is 338 g/mol. The molecular formula is C14H13N3O4S2. The van der Waals surface area contributed by atoms with Gasteiger partial charge in [-0.25, -0.2) is 18.1 Å². The van der Waals surface area contributed by atoms with Crippen LogP contribution in [0.1, 0.15) is 5.89 Å². The van der Waals surface area contributed by atoms with E-state index in [1.54, 1.807) is 36.6 Å². The lowest BCUT2D eigenvalue weighted by Crippen LogP contribution is -2.32. The zero-order chi connectivity index (χ0) is 16.4. The minimum absolute atomic E-state index is 0.170. The molecule has 2 N–H and O–H groups in total. The zero-order valence-corrected chi connectivity index (χ0v) is 13.7. The summed E-state index contributed by atoms with van der Waals surface area (Å²) in [6, 6.07) is 8.15. The van der Waals surface area contributed by atoms with E-state index in [1.165, 1.54) is 6.07 Å². The first-order chi connectivity index (χ1) is 10.9. The number of nitrogens with one attached hydrogen (secondary N) is 2. The first-order valence-electron chi connectivity index (χ1n) is 6.64. The molecule has 120 valence electrons. The molecule has 7 nitrogen and oxygen atoms in total. The van der Waals surface area contributed by atoms with Crippen molar-refractivity contribution in [2.45, 2.75) is 11.1 Å². The first-order valence-corrected chi connectivity index (χ1v) is 9.00. The smallest absolute Gasteiger partial charge is 0.250 e. The van der Waals surface area contributed by atoms with E-state index in [0.717, 1.165) is 11.3 Å². The number of carbonyl (C=O) groups excluding carboxylic acids is 1. The maximum absolute atomic E-state index is 11.9. The summed E-state index contributed by atoms with van der Waals surface area (Å²) in [7, 11) is -3.66. The SMILES string of the molecule is Cc1nc2ccc(NC(=O)CNS(=O)(=O)c3cccs3)cc2o1. The highest BCUT2D eigenvalue weighted by atomic mass is 32.2. The van der Waals surface area contributed by atoms with Gasteiger partial charge in [-0.1, -0.05) is 6.07 Å². The normalized spacial score (nSPS) is 11.7. The Morgan fingerprint density at radius 2 is 2.17 bits per heavy atom. The Balaban J connectivity index is 1.64. The molecule has 0 fully saturated rings. The van der Waals surface area contributed by atoms with Crippen LogP contribution in [0.4, 0.5) is 5.69 Å². The Morgan fingerprint density at radius 1 is 1.35 bits per heavy atom. The molecule has 0 spiro atoms. The molecule has 0 saturated carbocycles. The summed E-state index contributed by atoms with van der Waals surface area (Å²) in [6.07, 6.45) is 0. The Labute approximate surface area is 136 Å². The van der Waals surface area contributed by atoms with Crippen molar-refractivity contribution in [1.82, 2.24) is 9.71 Å². The third-order valence-corrected chi connectivity index (χ3v) is 5.76. The van der Waals surface area contributed by atoms with Crippen LogP contribution in [-0.4, -0.2) is 25.9 Å². The molecule has 1 amide bonds. The van der Waals surface area contributed by atoms with Crippen LogP contribution >= 0.6 is 11.3 Å². The van der Waals surface area contributed by atoms with Crippen LogP contribution in [0.15, 0.2) is 44.3 Å². The second-order valence-electron chi connectivity index (χ2n) is 4.72. The summed E-state index contributed by atoms with van der Waals surface area (Å²) >= 11 is 1.09. The average molecular weight is 351 g/mol. The van der Waals surface area contributed by atoms with E-state index in [2.05, 4.69) is 15.0 Å². The van der Waals surface area contributed by atoms with Crippen molar-refractivity contribution in [3.05, 3.63) is 41.6 Å². The van der Waals surface area contributed by atoms with Crippen LogP contribution in [0.2, 0.25) is 0 Å². The minimum atomic E-state index is -3.66. The Hall–Kier alpha value is -2.23. The van der Waals surface area contributed by atoms with Gasteiger partial charge in [-0.15, -0.1) is 11.3 Å². The molecule has 0 atom stereocenters. The van der Waals surface area contributed by atoms with Crippen molar-refractivity contribution < 1.29 is 17.6 Å². The fraction of sp³-hybridized carbons (Fsp3) is 0.143. The third kappa shape index (κ3) is 3.58. The number of hydrogen-bond donors (Lipinski definition) is 2. The van der Waals surface area contributed by atoms with Gasteiger partial charge in [0.15, 0.2) is 11.5 Å². The summed E-state index contributed by atoms with van der Waals surface area (Å²) in [5, 5.41) is 4.27. The van der Waals surface area contributed by atoms with E-state index < -0.39 is 15.9 Å². The Bertz CT molecular complexity index is 946. The minimum Gasteiger partial charge on any atom is -0.441 e. The van der Waals surface area contributed by atoms with Gasteiger partial charge in [0, 0.05) is 18.7 Å². The monoisotopic (exact) mass is 351 g/mol. The van der Waals surface area contributed by atoms with Gasteiger partial charge in [0.05, 0.1) is 6.54 Å². The number of aryl methyl sites for hydroxylation is 1. The predicted octanol–water partition coefficient (Wildman–Crippen LogP) is 2.11. The van der Waals surface area contributed by atoms with Crippen LogP contribution in [0.5, 0.6) is 0 Å². The molecule has 9 heteroatoms. The van der Waals surface area contributed by atoms with Crippen LogP contribution in [0.25, 0.3) is 11.1 Å². The fourth-order valence-corrected chi connectivity index (χ4v) is 3.99. The molecule has 0 bridgehead atoms. The largest absolute Gasteiger partial charge is 0.441 e. The third-order valence-electron chi connectivity index (χ3n) is 2.96. The topological polar surface area (TPSA) is 101 Å². The number of thiophene rings is 1. The van der Waals surface area contributed by atoms with E-state index >= 15 is 0 Å². The molecule has 3 aromatic rings. The molecule has 0 saturated heterocycles. The van der Waals surface area contributed by atoms with Gasteiger partial charge >= 0.3 is 0 Å². The molecule has 0 aliphatic carbocycles.